The Morgan fingerprint density at radius 1 is 1.07 bits per heavy atom. The summed E-state index contributed by atoms with van der Waals surface area (Å²) in [4.78, 5) is 14.6. The van der Waals surface area contributed by atoms with Crippen molar-refractivity contribution in [3.05, 3.63) is 60.2 Å². The van der Waals surface area contributed by atoms with E-state index in [9.17, 15) is 13.2 Å². The number of anilines is 1. The summed E-state index contributed by atoms with van der Waals surface area (Å²) in [7, 11) is -0.342. The first-order valence-corrected chi connectivity index (χ1v) is 10.5. The van der Waals surface area contributed by atoms with Gasteiger partial charge in [-0.25, -0.2) is 8.42 Å². The molecule has 0 radical (unpaired) electrons. The highest BCUT2D eigenvalue weighted by Gasteiger charge is 2.33. The van der Waals surface area contributed by atoms with E-state index in [1.165, 1.54) is 4.31 Å². The zero-order valence-corrected chi connectivity index (χ0v) is 16.9. The fourth-order valence-electron chi connectivity index (χ4n) is 2.96. The number of amides is 1. The van der Waals surface area contributed by atoms with E-state index in [1.54, 1.807) is 43.3 Å². The van der Waals surface area contributed by atoms with Gasteiger partial charge >= 0.3 is 0 Å². The summed E-state index contributed by atoms with van der Waals surface area (Å²) in [6.45, 7) is 2.19. The predicted octanol–water partition coefficient (Wildman–Crippen LogP) is 2.90. The number of carbonyl (C=O) groups excluding carboxylic acids is 1. The SMILES string of the molecule is CC[C@H](C(=O)N(C)Cc1ccc(OC)cc1)N(c1ccccc1)S(C)(=O)=O. The van der Waals surface area contributed by atoms with Crippen LogP contribution in [-0.4, -0.2) is 45.7 Å². The van der Waals surface area contributed by atoms with Gasteiger partial charge in [-0.3, -0.25) is 9.10 Å². The smallest absolute Gasteiger partial charge is 0.246 e. The topological polar surface area (TPSA) is 66.9 Å². The van der Waals surface area contributed by atoms with Crippen molar-refractivity contribution in [1.82, 2.24) is 4.90 Å². The number of para-hydroxylation sites is 1. The van der Waals surface area contributed by atoms with Crippen LogP contribution in [0.5, 0.6) is 5.75 Å². The van der Waals surface area contributed by atoms with Crippen molar-refractivity contribution in [3.8, 4) is 5.75 Å². The molecular weight excluding hydrogens is 364 g/mol. The van der Waals surface area contributed by atoms with Crippen LogP contribution in [0.2, 0.25) is 0 Å². The van der Waals surface area contributed by atoms with E-state index in [2.05, 4.69) is 0 Å². The van der Waals surface area contributed by atoms with Crippen LogP contribution in [0.25, 0.3) is 0 Å². The van der Waals surface area contributed by atoms with Gasteiger partial charge in [0.2, 0.25) is 15.9 Å². The maximum atomic E-state index is 13.1. The van der Waals surface area contributed by atoms with Crippen LogP contribution in [0.15, 0.2) is 54.6 Å². The van der Waals surface area contributed by atoms with Crippen molar-refractivity contribution in [2.45, 2.75) is 25.9 Å². The molecule has 0 heterocycles. The standard InChI is InChI=1S/C20H26N2O4S/c1-5-19(22(27(4,24)25)17-9-7-6-8-10-17)20(23)21(2)15-16-11-13-18(26-3)14-12-16/h6-14,19H,5,15H2,1-4H3/t19-/m1/s1. The Morgan fingerprint density at radius 2 is 1.67 bits per heavy atom. The van der Waals surface area contributed by atoms with Gasteiger partial charge in [0.1, 0.15) is 11.8 Å². The number of rotatable bonds is 8. The summed E-state index contributed by atoms with van der Waals surface area (Å²) in [5, 5.41) is 0. The first-order chi connectivity index (χ1) is 12.8. The zero-order chi connectivity index (χ0) is 20.0. The molecule has 146 valence electrons. The Hall–Kier alpha value is -2.54. The Morgan fingerprint density at radius 3 is 2.15 bits per heavy atom. The maximum absolute atomic E-state index is 13.1. The van der Waals surface area contributed by atoms with Gasteiger partial charge in [-0.1, -0.05) is 37.3 Å². The number of benzene rings is 2. The number of likely N-dealkylation sites (N-methyl/N-ethyl adjacent to an activating group) is 1. The van der Waals surface area contributed by atoms with Crippen LogP contribution in [0.4, 0.5) is 5.69 Å². The molecule has 0 aromatic heterocycles. The molecular formula is C20H26N2O4S. The van der Waals surface area contributed by atoms with E-state index in [1.807, 2.05) is 37.3 Å². The average Bonchev–Trinajstić information content (AvgIpc) is 2.65. The summed E-state index contributed by atoms with van der Waals surface area (Å²) < 4.78 is 31.2. The molecule has 1 amide bonds. The molecule has 0 N–H and O–H groups in total. The second-order valence-electron chi connectivity index (χ2n) is 6.36. The molecule has 0 aliphatic heterocycles. The molecule has 27 heavy (non-hydrogen) atoms. The molecule has 0 fully saturated rings. The minimum absolute atomic E-state index is 0.248. The molecule has 0 saturated heterocycles. The Bertz CT molecular complexity index is 851. The largest absolute Gasteiger partial charge is 0.497 e. The number of nitrogens with zero attached hydrogens (tertiary/aromatic N) is 2. The Balaban J connectivity index is 2.25. The molecule has 0 unspecified atom stereocenters. The van der Waals surface area contributed by atoms with Gasteiger partial charge in [0, 0.05) is 13.6 Å². The number of sulfonamides is 1. The molecule has 0 aliphatic rings. The molecule has 0 aliphatic carbocycles. The van der Waals surface area contributed by atoms with Crippen LogP contribution in [0, 0.1) is 0 Å². The maximum Gasteiger partial charge on any atom is 0.246 e. The van der Waals surface area contributed by atoms with E-state index >= 15 is 0 Å². The number of methoxy groups -OCH3 is 1. The third-order valence-electron chi connectivity index (χ3n) is 4.28. The van der Waals surface area contributed by atoms with Gasteiger partial charge in [-0.15, -0.1) is 0 Å². The summed E-state index contributed by atoms with van der Waals surface area (Å²) in [6.07, 6.45) is 1.49. The fourth-order valence-corrected chi connectivity index (χ4v) is 4.16. The Kier molecular flexibility index (Phi) is 6.85. The molecule has 0 saturated carbocycles. The van der Waals surface area contributed by atoms with Gasteiger partial charge in [0.25, 0.3) is 0 Å². The molecule has 0 spiro atoms. The third-order valence-corrected chi connectivity index (χ3v) is 5.46. The van der Waals surface area contributed by atoms with E-state index < -0.39 is 16.1 Å². The summed E-state index contributed by atoms with van der Waals surface area (Å²) in [5.74, 6) is 0.495. The number of carbonyl (C=O) groups is 1. The number of hydrogen-bond donors (Lipinski definition) is 0. The van der Waals surface area contributed by atoms with E-state index in [0.717, 1.165) is 17.6 Å². The minimum atomic E-state index is -3.62. The van der Waals surface area contributed by atoms with Crippen LogP contribution < -0.4 is 9.04 Å². The third kappa shape index (κ3) is 5.23. The van der Waals surface area contributed by atoms with Gasteiger partial charge in [-0.2, -0.15) is 0 Å². The first-order valence-electron chi connectivity index (χ1n) is 8.70. The lowest BCUT2D eigenvalue weighted by molar-refractivity contribution is -0.131. The highest BCUT2D eigenvalue weighted by Crippen LogP contribution is 2.23. The lowest BCUT2D eigenvalue weighted by Gasteiger charge is -2.32. The van der Waals surface area contributed by atoms with E-state index in [4.69, 9.17) is 4.74 Å². The minimum Gasteiger partial charge on any atom is -0.497 e. The van der Waals surface area contributed by atoms with Crippen molar-refractivity contribution in [2.75, 3.05) is 24.7 Å². The lowest BCUT2D eigenvalue weighted by Crippen LogP contribution is -2.49. The normalized spacial score (nSPS) is 12.3. The zero-order valence-electron chi connectivity index (χ0n) is 16.1. The highest BCUT2D eigenvalue weighted by atomic mass is 32.2. The molecule has 2 aromatic carbocycles. The van der Waals surface area contributed by atoms with Gasteiger partial charge in [0.05, 0.1) is 19.1 Å². The quantitative estimate of drug-likeness (QED) is 0.695. The molecule has 2 aromatic rings. The second-order valence-corrected chi connectivity index (χ2v) is 8.22. The average molecular weight is 391 g/mol. The van der Waals surface area contributed by atoms with Crippen molar-refractivity contribution >= 4 is 21.6 Å². The first kappa shape index (κ1) is 20.8. The van der Waals surface area contributed by atoms with Crippen LogP contribution in [0.3, 0.4) is 0 Å². The van der Waals surface area contributed by atoms with Gasteiger partial charge in [-0.05, 0) is 36.2 Å². The molecule has 0 bridgehead atoms. The fraction of sp³-hybridized carbons (Fsp3) is 0.350. The predicted molar refractivity (Wildman–Crippen MR) is 107 cm³/mol. The molecule has 1 atom stereocenters. The van der Waals surface area contributed by atoms with Crippen LogP contribution >= 0.6 is 0 Å². The van der Waals surface area contributed by atoms with Gasteiger partial charge < -0.3 is 9.64 Å². The van der Waals surface area contributed by atoms with Crippen LogP contribution in [-0.2, 0) is 21.4 Å². The van der Waals surface area contributed by atoms with E-state index in [0.29, 0.717) is 18.7 Å². The second kappa shape index (κ2) is 8.90. The molecule has 6 nitrogen and oxygen atoms in total. The lowest BCUT2D eigenvalue weighted by atomic mass is 10.1. The van der Waals surface area contributed by atoms with Gasteiger partial charge in [0.15, 0.2) is 0 Å². The summed E-state index contributed by atoms with van der Waals surface area (Å²) in [5.41, 5.74) is 1.42. The summed E-state index contributed by atoms with van der Waals surface area (Å²) >= 11 is 0. The van der Waals surface area contributed by atoms with Crippen molar-refractivity contribution in [2.24, 2.45) is 0 Å². The number of ether oxygens (including phenoxy) is 1. The molecule has 2 rings (SSSR count). The van der Waals surface area contributed by atoms with Crippen LogP contribution in [0.1, 0.15) is 18.9 Å². The van der Waals surface area contributed by atoms with Crippen molar-refractivity contribution in [3.63, 3.8) is 0 Å². The number of hydrogen-bond acceptors (Lipinski definition) is 4. The van der Waals surface area contributed by atoms with E-state index in [-0.39, 0.29) is 5.91 Å². The Labute approximate surface area is 161 Å². The highest BCUT2D eigenvalue weighted by molar-refractivity contribution is 7.92. The van der Waals surface area contributed by atoms with Crippen molar-refractivity contribution in [1.29, 1.82) is 0 Å². The van der Waals surface area contributed by atoms with Crippen molar-refractivity contribution < 1.29 is 17.9 Å². The molecule has 7 heteroatoms. The monoisotopic (exact) mass is 390 g/mol. The summed E-state index contributed by atoms with van der Waals surface area (Å²) in [6, 6.07) is 15.3.